The lowest BCUT2D eigenvalue weighted by Crippen LogP contribution is -2.48. The van der Waals surface area contributed by atoms with Crippen LogP contribution < -0.4 is 0 Å². The molecule has 0 aliphatic carbocycles. The van der Waals surface area contributed by atoms with Crippen LogP contribution in [0.4, 0.5) is 13.2 Å². The van der Waals surface area contributed by atoms with Gasteiger partial charge in [0.1, 0.15) is 0 Å². The van der Waals surface area contributed by atoms with Gasteiger partial charge in [-0.15, -0.1) is 6.58 Å². The topological polar surface area (TPSA) is 43.7 Å². The van der Waals surface area contributed by atoms with Crippen molar-refractivity contribution in [1.82, 2.24) is 4.90 Å². The van der Waals surface area contributed by atoms with Crippen LogP contribution in [0.1, 0.15) is 25.7 Å². The molecule has 0 amide bonds. The summed E-state index contributed by atoms with van der Waals surface area (Å²) < 4.78 is 37.4. The number of aliphatic hydroxyl groups is 2. The average Bonchev–Trinajstić information content (AvgIpc) is 2.72. The van der Waals surface area contributed by atoms with Crippen molar-refractivity contribution in [2.24, 2.45) is 0 Å². The first-order valence-electron chi connectivity index (χ1n) is 6.14. The molecule has 0 aromatic heterocycles. The maximum atomic E-state index is 12.5. The van der Waals surface area contributed by atoms with E-state index in [1.165, 1.54) is 4.90 Å². The molecule has 1 fully saturated rings. The Balaban J connectivity index is 2.51. The van der Waals surface area contributed by atoms with Crippen LogP contribution in [-0.4, -0.2) is 52.6 Å². The highest BCUT2D eigenvalue weighted by atomic mass is 19.4. The first-order chi connectivity index (χ1) is 8.36. The fourth-order valence-electron chi connectivity index (χ4n) is 2.33. The Morgan fingerprint density at radius 3 is 2.61 bits per heavy atom. The monoisotopic (exact) mass is 267 g/mol. The van der Waals surface area contributed by atoms with Crippen molar-refractivity contribution in [2.45, 2.75) is 50.1 Å². The molecule has 0 aromatic rings. The number of nitrogens with zero attached hydrogens (tertiary/aromatic N) is 1. The second kappa shape index (κ2) is 6.54. The number of allylic oxidation sites excluding steroid dienone is 1. The fraction of sp³-hybridized carbons (Fsp3) is 0.833. The zero-order chi connectivity index (χ0) is 13.8. The molecular formula is C12H20F3NO2. The van der Waals surface area contributed by atoms with Crippen LogP contribution in [0, 0.1) is 0 Å². The quantitative estimate of drug-likeness (QED) is 0.720. The molecule has 1 aliphatic heterocycles. The lowest BCUT2D eigenvalue weighted by Gasteiger charge is -2.31. The molecule has 0 aromatic carbocycles. The third-order valence-corrected chi connectivity index (χ3v) is 3.26. The minimum Gasteiger partial charge on any atom is -0.392 e. The van der Waals surface area contributed by atoms with Gasteiger partial charge in [0.15, 0.2) is 6.10 Å². The Kier molecular flexibility index (Phi) is 5.62. The van der Waals surface area contributed by atoms with Gasteiger partial charge >= 0.3 is 6.18 Å². The van der Waals surface area contributed by atoms with Crippen molar-refractivity contribution in [3.8, 4) is 0 Å². The molecule has 3 atom stereocenters. The number of rotatable bonds is 6. The first kappa shape index (κ1) is 15.5. The Bertz CT molecular complexity index is 271. The highest BCUT2D eigenvalue weighted by molar-refractivity contribution is 4.89. The summed E-state index contributed by atoms with van der Waals surface area (Å²) in [6, 6.07) is -0.927. The number of β-amino-alcohol motifs (C(OH)–C–C–N with tert-alkyl or cyclic N) is 1. The van der Waals surface area contributed by atoms with E-state index in [4.69, 9.17) is 0 Å². The summed E-state index contributed by atoms with van der Waals surface area (Å²) in [6.45, 7) is 4.19. The molecule has 0 bridgehead atoms. The number of likely N-dealkylation sites (tertiary alicyclic amines) is 1. The number of halogens is 3. The lowest BCUT2D eigenvalue weighted by molar-refractivity contribution is -0.219. The van der Waals surface area contributed by atoms with E-state index in [1.807, 2.05) is 0 Å². The maximum absolute atomic E-state index is 12.5. The van der Waals surface area contributed by atoms with E-state index in [-0.39, 0.29) is 6.54 Å². The summed E-state index contributed by atoms with van der Waals surface area (Å²) in [5, 5.41) is 19.0. The normalized spacial score (nSPS) is 25.1. The van der Waals surface area contributed by atoms with Crippen LogP contribution in [0.3, 0.4) is 0 Å². The van der Waals surface area contributed by atoms with Crippen LogP contribution in [0.25, 0.3) is 0 Å². The SMILES string of the molecule is C=CCC[C@H](O)CN1CCC[C@H]1[C@@H](O)C(F)(F)F. The van der Waals surface area contributed by atoms with Crippen LogP contribution in [-0.2, 0) is 0 Å². The Morgan fingerprint density at radius 2 is 2.06 bits per heavy atom. The minimum atomic E-state index is -4.60. The standard InChI is InChI=1S/C12H20F3NO2/c1-2-3-5-9(17)8-16-7-4-6-10(16)11(18)12(13,14)15/h2,9-11,17-18H,1,3-8H2/t9-,10-,11+/m0/s1. The van der Waals surface area contributed by atoms with E-state index in [9.17, 15) is 23.4 Å². The summed E-state index contributed by atoms with van der Waals surface area (Å²) in [7, 11) is 0. The van der Waals surface area contributed by atoms with Crippen LogP contribution >= 0.6 is 0 Å². The van der Waals surface area contributed by atoms with Gasteiger partial charge in [0.05, 0.1) is 6.10 Å². The van der Waals surface area contributed by atoms with E-state index in [0.29, 0.717) is 32.2 Å². The molecule has 1 rings (SSSR count). The predicted molar refractivity (Wildman–Crippen MR) is 62.1 cm³/mol. The number of aliphatic hydroxyl groups excluding tert-OH is 2. The van der Waals surface area contributed by atoms with Crippen LogP contribution in [0.15, 0.2) is 12.7 Å². The van der Waals surface area contributed by atoms with Gasteiger partial charge < -0.3 is 10.2 Å². The van der Waals surface area contributed by atoms with Crippen LogP contribution in [0.2, 0.25) is 0 Å². The molecule has 18 heavy (non-hydrogen) atoms. The number of hydrogen-bond donors (Lipinski definition) is 2. The zero-order valence-corrected chi connectivity index (χ0v) is 10.2. The Morgan fingerprint density at radius 1 is 1.39 bits per heavy atom. The lowest BCUT2D eigenvalue weighted by atomic mass is 10.1. The molecule has 0 saturated carbocycles. The molecule has 1 aliphatic rings. The van der Waals surface area contributed by atoms with Crippen molar-refractivity contribution in [1.29, 1.82) is 0 Å². The predicted octanol–water partition coefficient (Wildman–Crippen LogP) is 1.70. The Hall–Kier alpha value is -0.590. The van der Waals surface area contributed by atoms with Gasteiger partial charge in [-0.2, -0.15) is 13.2 Å². The second-order valence-corrected chi connectivity index (χ2v) is 4.71. The summed E-state index contributed by atoms with van der Waals surface area (Å²) in [6.07, 6.45) is -3.90. The molecule has 6 heteroatoms. The van der Waals surface area contributed by atoms with Crippen molar-refractivity contribution < 1.29 is 23.4 Å². The third kappa shape index (κ3) is 4.26. The van der Waals surface area contributed by atoms with E-state index < -0.39 is 24.4 Å². The van der Waals surface area contributed by atoms with Gasteiger partial charge in [0.25, 0.3) is 0 Å². The molecule has 106 valence electrons. The Labute approximate surface area is 105 Å². The summed E-state index contributed by atoms with van der Waals surface area (Å²) in [5.74, 6) is 0. The van der Waals surface area contributed by atoms with Crippen LogP contribution in [0.5, 0.6) is 0 Å². The molecule has 0 radical (unpaired) electrons. The molecule has 2 N–H and O–H groups in total. The van der Waals surface area contributed by atoms with Crippen molar-refractivity contribution >= 4 is 0 Å². The van der Waals surface area contributed by atoms with Gasteiger partial charge in [-0.1, -0.05) is 6.08 Å². The second-order valence-electron chi connectivity index (χ2n) is 4.71. The minimum absolute atomic E-state index is 0.172. The van der Waals surface area contributed by atoms with Gasteiger partial charge in [-0.3, -0.25) is 4.90 Å². The van der Waals surface area contributed by atoms with E-state index >= 15 is 0 Å². The van der Waals surface area contributed by atoms with E-state index in [2.05, 4.69) is 6.58 Å². The van der Waals surface area contributed by atoms with Crippen molar-refractivity contribution in [2.75, 3.05) is 13.1 Å². The number of alkyl halides is 3. The summed E-state index contributed by atoms with van der Waals surface area (Å²) >= 11 is 0. The largest absolute Gasteiger partial charge is 0.415 e. The summed E-state index contributed by atoms with van der Waals surface area (Å²) in [4.78, 5) is 1.53. The van der Waals surface area contributed by atoms with E-state index in [1.54, 1.807) is 6.08 Å². The van der Waals surface area contributed by atoms with Gasteiger partial charge in [-0.25, -0.2) is 0 Å². The first-order valence-corrected chi connectivity index (χ1v) is 6.14. The molecule has 0 spiro atoms. The van der Waals surface area contributed by atoms with Gasteiger partial charge in [0, 0.05) is 12.6 Å². The highest BCUT2D eigenvalue weighted by Gasteiger charge is 2.47. The molecule has 1 heterocycles. The highest BCUT2D eigenvalue weighted by Crippen LogP contribution is 2.30. The van der Waals surface area contributed by atoms with E-state index in [0.717, 1.165) is 0 Å². The molecule has 0 unspecified atom stereocenters. The van der Waals surface area contributed by atoms with Gasteiger partial charge in [-0.05, 0) is 32.2 Å². The van der Waals surface area contributed by atoms with Crippen molar-refractivity contribution in [3.63, 3.8) is 0 Å². The third-order valence-electron chi connectivity index (χ3n) is 3.26. The number of hydrogen-bond acceptors (Lipinski definition) is 3. The molecular weight excluding hydrogens is 247 g/mol. The maximum Gasteiger partial charge on any atom is 0.415 e. The van der Waals surface area contributed by atoms with Gasteiger partial charge in [0.2, 0.25) is 0 Å². The average molecular weight is 267 g/mol. The zero-order valence-electron chi connectivity index (χ0n) is 10.2. The fourth-order valence-corrected chi connectivity index (χ4v) is 2.33. The summed E-state index contributed by atoms with van der Waals surface area (Å²) in [5.41, 5.74) is 0. The molecule has 3 nitrogen and oxygen atoms in total. The smallest absolute Gasteiger partial charge is 0.392 e. The van der Waals surface area contributed by atoms with Crippen molar-refractivity contribution in [3.05, 3.63) is 12.7 Å². The molecule has 1 saturated heterocycles.